The van der Waals surface area contributed by atoms with Crippen molar-refractivity contribution < 1.29 is 9.53 Å². The number of hydrogen-bond acceptors (Lipinski definition) is 6. The minimum atomic E-state index is -0.319. The highest BCUT2D eigenvalue weighted by Gasteiger charge is 2.34. The molecular formula is C14H21N3O2S. The SMILES string of the molecule is CCOC(=O)c1nc(NC2CCN(C3CC3)C2)sc1C. The Kier molecular flexibility index (Phi) is 3.94. The van der Waals surface area contributed by atoms with Crippen molar-refractivity contribution in [3.63, 3.8) is 0 Å². The molecule has 1 aliphatic heterocycles. The molecule has 2 fully saturated rings. The average Bonchev–Trinajstić information content (AvgIpc) is 3.06. The minimum absolute atomic E-state index is 0.319. The van der Waals surface area contributed by atoms with Crippen LogP contribution in [0.25, 0.3) is 0 Å². The number of rotatable bonds is 5. The third kappa shape index (κ3) is 2.96. The first-order valence-electron chi connectivity index (χ1n) is 7.32. The fourth-order valence-corrected chi connectivity index (χ4v) is 3.58. The topological polar surface area (TPSA) is 54.5 Å². The van der Waals surface area contributed by atoms with E-state index in [0.717, 1.165) is 29.0 Å². The molecule has 0 radical (unpaired) electrons. The third-order valence-corrected chi connectivity index (χ3v) is 4.78. The van der Waals surface area contributed by atoms with E-state index in [2.05, 4.69) is 15.2 Å². The molecule has 0 bridgehead atoms. The fraction of sp³-hybridized carbons (Fsp3) is 0.714. The predicted molar refractivity (Wildman–Crippen MR) is 79.4 cm³/mol. The Labute approximate surface area is 123 Å². The average molecular weight is 295 g/mol. The molecule has 0 aromatic carbocycles. The summed E-state index contributed by atoms with van der Waals surface area (Å²) in [4.78, 5) is 19.6. The largest absolute Gasteiger partial charge is 0.461 e. The van der Waals surface area contributed by atoms with Crippen molar-refractivity contribution >= 4 is 22.4 Å². The van der Waals surface area contributed by atoms with E-state index in [4.69, 9.17) is 4.74 Å². The number of aromatic nitrogens is 1. The van der Waals surface area contributed by atoms with Crippen molar-refractivity contribution in [2.24, 2.45) is 0 Å². The van der Waals surface area contributed by atoms with Gasteiger partial charge in [-0.15, -0.1) is 11.3 Å². The molecule has 2 aliphatic rings. The Bertz CT molecular complexity index is 499. The minimum Gasteiger partial charge on any atom is -0.461 e. The van der Waals surface area contributed by atoms with Gasteiger partial charge in [0, 0.05) is 30.1 Å². The highest BCUT2D eigenvalue weighted by Crippen LogP contribution is 2.31. The predicted octanol–water partition coefficient (Wildman–Crippen LogP) is 2.28. The summed E-state index contributed by atoms with van der Waals surface area (Å²) < 4.78 is 5.02. The molecule has 0 spiro atoms. The molecule has 110 valence electrons. The van der Waals surface area contributed by atoms with Gasteiger partial charge in [0.1, 0.15) is 0 Å². The monoisotopic (exact) mass is 295 g/mol. The number of hydrogen-bond donors (Lipinski definition) is 1. The van der Waals surface area contributed by atoms with Crippen molar-refractivity contribution in [3.8, 4) is 0 Å². The van der Waals surface area contributed by atoms with E-state index in [1.807, 2.05) is 13.8 Å². The molecular weight excluding hydrogens is 274 g/mol. The van der Waals surface area contributed by atoms with Crippen LogP contribution in [0.4, 0.5) is 5.13 Å². The van der Waals surface area contributed by atoms with Crippen LogP contribution >= 0.6 is 11.3 Å². The summed E-state index contributed by atoms with van der Waals surface area (Å²) in [7, 11) is 0. The van der Waals surface area contributed by atoms with E-state index in [9.17, 15) is 4.79 Å². The number of nitrogens with one attached hydrogen (secondary N) is 1. The lowest BCUT2D eigenvalue weighted by atomic mass is 10.3. The van der Waals surface area contributed by atoms with Crippen LogP contribution in [0, 0.1) is 6.92 Å². The quantitative estimate of drug-likeness (QED) is 0.845. The zero-order chi connectivity index (χ0) is 14.1. The maximum absolute atomic E-state index is 11.8. The van der Waals surface area contributed by atoms with Gasteiger partial charge in [0.2, 0.25) is 0 Å². The van der Waals surface area contributed by atoms with Gasteiger partial charge in [-0.2, -0.15) is 0 Å². The molecule has 2 heterocycles. The molecule has 1 N–H and O–H groups in total. The lowest BCUT2D eigenvalue weighted by Crippen LogP contribution is -2.27. The Hall–Kier alpha value is -1.14. The maximum atomic E-state index is 11.8. The summed E-state index contributed by atoms with van der Waals surface area (Å²) in [6, 6.07) is 1.28. The number of carbonyl (C=O) groups is 1. The van der Waals surface area contributed by atoms with Crippen LogP contribution in [0.1, 0.15) is 41.6 Å². The molecule has 1 saturated carbocycles. The van der Waals surface area contributed by atoms with Crippen LogP contribution in [-0.2, 0) is 4.74 Å². The van der Waals surface area contributed by atoms with Gasteiger partial charge in [0.15, 0.2) is 10.8 Å². The van der Waals surface area contributed by atoms with Gasteiger partial charge >= 0.3 is 5.97 Å². The molecule has 1 aliphatic carbocycles. The number of carbonyl (C=O) groups excluding carboxylic acids is 1. The Balaban J connectivity index is 1.60. The first-order valence-corrected chi connectivity index (χ1v) is 8.14. The molecule has 0 amide bonds. The zero-order valence-electron chi connectivity index (χ0n) is 12.0. The van der Waals surface area contributed by atoms with Gasteiger partial charge in [0.25, 0.3) is 0 Å². The molecule has 5 nitrogen and oxygen atoms in total. The molecule has 3 rings (SSSR count). The van der Waals surface area contributed by atoms with E-state index in [1.54, 1.807) is 0 Å². The van der Waals surface area contributed by atoms with Crippen molar-refractivity contribution in [3.05, 3.63) is 10.6 Å². The number of esters is 1. The smallest absolute Gasteiger partial charge is 0.358 e. The fourth-order valence-electron chi connectivity index (χ4n) is 2.70. The van der Waals surface area contributed by atoms with Crippen LogP contribution in [0.5, 0.6) is 0 Å². The van der Waals surface area contributed by atoms with Gasteiger partial charge in [0.05, 0.1) is 6.61 Å². The molecule has 1 atom stereocenters. The number of aryl methyl sites for hydroxylation is 1. The lowest BCUT2D eigenvalue weighted by Gasteiger charge is -2.15. The van der Waals surface area contributed by atoms with E-state index in [0.29, 0.717) is 18.3 Å². The standard InChI is InChI=1S/C14H21N3O2S/c1-3-19-13(18)12-9(2)20-14(16-12)15-10-6-7-17(8-10)11-4-5-11/h10-11H,3-8H2,1-2H3,(H,15,16). The Morgan fingerprint density at radius 3 is 3.00 bits per heavy atom. The highest BCUT2D eigenvalue weighted by molar-refractivity contribution is 7.15. The van der Waals surface area contributed by atoms with E-state index < -0.39 is 0 Å². The molecule has 6 heteroatoms. The Morgan fingerprint density at radius 2 is 2.30 bits per heavy atom. The maximum Gasteiger partial charge on any atom is 0.358 e. The second-order valence-electron chi connectivity index (χ2n) is 5.50. The van der Waals surface area contributed by atoms with Crippen molar-refractivity contribution in [1.29, 1.82) is 0 Å². The third-order valence-electron chi connectivity index (χ3n) is 3.88. The lowest BCUT2D eigenvalue weighted by molar-refractivity contribution is 0.0519. The molecule has 1 aromatic heterocycles. The summed E-state index contributed by atoms with van der Waals surface area (Å²) in [5.41, 5.74) is 0.455. The normalized spacial score (nSPS) is 23.0. The second-order valence-corrected chi connectivity index (χ2v) is 6.70. The number of anilines is 1. The summed E-state index contributed by atoms with van der Waals surface area (Å²) in [6.45, 7) is 6.39. The summed E-state index contributed by atoms with van der Waals surface area (Å²) in [6.07, 6.45) is 3.87. The number of nitrogens with zero attached hydrogens (tertiary/aromatic N) is 2. The van der Waals surface area contributed by atoms with E-state index in [1.165, 1.54) is 30.7 Å². The van der Waals surface area contributed by atoms with Crippen molar-refractivity contribution in [2.75, 3.05) is 25.0 Å². The molecule has 1 aromatic rings. The van der Waals surface area contributed by atoms with Gasteiger partial charge in [-0.1, -0.05) is 0 Å². The zero-order valence-corrected chi connectivity index (χ0v) is 12.8. The number of likely N-dealkylation sites (tertiary alicyclic amines) is 1. The van der Waals surface area contributed by atoms with E-state index >= 15 is 0 Å². The summed E-state index contributed by atoms with van der Waals surface area (Å²) in [5, 5.41) is 4.31. The van der Waals surface area contributed by atoms with E-state index in [-0.39, 0.29) is 5.97 Å². The van der Waals surface area contributed by atoms with Crippen molar-refractivity contribution in [2.45, 2.75) is 45.2 Å². The summed E-state index contributed by atoms with van der Waals surface area (Å²) >= 11 is 1.54. The number of ether oxygens (including phenoxy) is 1. The molecule has 1 saturated heterocycles. The van der Waals surface area contributed by atoms with Crippen LogP contribution in [0.15, 0.2) is 0 Å². The van der Waals surface area contributed by atoms with Crippen LogP contribution in [-0.4, -0.2) is 47.6 Å². The Morgan fingerprint density at radius 1 is 1.50 bits per heavy atom. The summed E-state index contributed by atoms with van der Waals surface area (Å²) in [5.74, 6) is -0.319. The van der Waals surface area contributed by atoms with Crippen LogP contribution in [0.3, 0.4) is 0 Å². The highest BCUT2D eigenvalue weighted by atomic mass is 32.1. The van der Waals surface area contributed by atoms with Crippen LogP contribution in [0.2, 0.25) is 0 Å². The van der Waals surface area contributed by atoms with Crippen LogP contribution < -0.4 is 5.32 Å². The van der Waals surface area contributed by atoms with Gasteiger partial charge in [-0.3, -0.25) is 4.90 Å². The molecule has 20 heavy (non-hydrogen) atoms. The number of thiazole rings is 1. The first-order chi connectivity index (χ1) is 9.67. The first kappa shape index (κ1) is 13.8. The van der Waals surface area contributed by atoms with Gasteiger partial charge in [-0.05, 0) is 33.1 Å². The van der Waals surface area contributed by atoms with Gasteiger partial charge in [-0.25, -0.2) is 9.78 Å². The van der Waals surface area contributed by atoms with Gasteiger partial charge < -0.3 is 10.1 Å². The second kappa shape index (κ2) is 5.69. The van der Waals surface area contributed by atoms with Crippen molar-refractivity contribution in [1.82, 2.24) is 9.88 Å². The molecule has 1 unspecified atom stereocenters.